The first kappa shape index (κ1) is 14.7. The molecule has 1 rings (SSSR count). The average Bonchev–Trinajstić information content (AvgIpc) is 2.27. The van der Waals surface area contributed by atoms with E-state index in [1.54, 1.807) is 0 Å². The highest BCUT2D eigenvalue weighted by Crippen LogP contribution is 2.11. The van der Waals surface area contributed by atoms with E-state index in [0.717, 1.165) is 13.0 Å². The first-order chi connectivity index (χ1) is 8.41. The summed E-state index contributed by atoms with van der Waals surface area (Å²) in [6.07, 6.45) is 0.882. The minimum Gasteiger partial charge on any atom is -0.480 e. The van der Waals surface area contributed by atoms with Crippen molar-refractivity contribution in [2.75, 3.05) is 13.6 Å². The minimum absolute atomic E-state index is 0.116. The van der Waals surface area contributed by atoms with Crippen LogP contribution in [0.15, 0.2) is 24.3 Å². The van der Waals surface area contributed by atoms with E-state index < -0.39 is 12.0 Å². The molecule has 0 aromatic heterocycles. The third kappa shape index (κ3) is 4.15. The van der Waals surface area contributed by atoms with E-state index in [0.29, 0.717) is 0 Å². The fourth-order valence-electron chi connectivity index (χ4n) is 2.18. The lowest BCUT2D eigenvalue weighted by Crippen LogP contribution is -2.43. The van der Waals surface area contributed by atoms with Gasteiger partial charge in [0.15, 0.2) is 0 Å². The van der Waals surface area contributed by atoms with Crippen LogP contribution in [0.25, 0.3) is 0 Å². The molecule has 0 heterocycles. The summed E-state index contributed by atoms with van der Waals surface area (Å²) in [5.41, 5.74) is 2.50. The highest BCUT2D eigenvalue weighted by Gasteiger charge is 2.25. The minimum atomic E-state index is -0.739. The van der Waals surface area contributed by atoms with Crippen molar-refractivity contribution in [2.45, 2.75) is 33.2 Å². The Hall–Kier alpha value is -1.35. The van der Waals surface area contributed by atoms with Gasteiger partial charge in [0.05, 0.1) is 0 Å². The fourth-order valence-corrected chi connectivity index (χ4v) is 2.18. The van der Waals surface area contributed by atoms with E-state index in [4.69, 9.17) is 0 Å². The summed E-state index contributed by atoms with van der Waals surface area (Å²) in [5.74, 6) is -0.623. The Morgan fingerprint density at radius 2 is 1.83 bits per heavy atom. The molecule has 0 spiro atoms. The molecule has 0 aliphatic heterocycles. The van der Waals surface area contributed by atoms with Crippen molar-refractivity contribution in [2.24, 2.45) is 5.92 Å². The number of carbonyl (C=O) groups is 1. The van der Waals surface area contributed by atoms with E-state index >= 15 is 0 Å². The van der Waals surface area contributed by atoms with Gasteiger partial charge in [0.2, 0.25) is 0 Å². The molecule has 0 saturated heterocycles. The normalized spacial score (nSPS) is 13.0. The zero-order chi connectivity index (χ0) is 13.7. The first-order valence-electron chi connectivity index (χ1n) is 6.40. The van der Waals surface area contributed by atoms with Crippen LogP contribution >= 0.6 is 0 Å². The SMILES string of the molecule is Cc1ccc(CCN(C)C(C(=O)O)C(C)C)cc1. The zero-order valence-electron chi connectivity index (χ0n) is 11.7. The molecule has 0 amide bonds. The number of hydrogen-bond donors (Lipinski definition) is 1. The standard InChI is InChI=1S/C15H23NO2/c1-11(2)14(15(17)18)16(4)10-9-13-7-5-12(3)6-8-13/h5-8,11,14H,9-10H2,1-4H3,(H,17,18). The van der Waals surface area contributed by atoms with Crippen LogP contribution in [0.4, 0.5) is 0 Å². The Balaban J connectivity index is 2.56. The highest BCUT2D eigenvalue weighted by atomic mass is 16.4. The quantitative estimate of drug-likeness (QED) is 0.842. The van der Waals surface area contributed by atoms with Gasteiger partial charge in [-0.1, -0.05) is 43.7 Å². The largest absolute Gasteiger partial charge is 0.480 e. The van der Waals surface area contributed by atoms with Crippen molar-refractivity contribution in [3.63, 3.8) is 0 Å². The third-order valence-corrected chi connectivity index (χ3v) is 3.23. The van der Waals surface area contributed by atoms with Gasteiger partial charge in [0.1, 0.15) is 6.04 Å². The topological polar surface area (TPSA) is 40.5 Å². The van der Waals surface area contributed by atoms with Gasteiger partial charge < -0.3 is 5.11 Å². The van der Waals surface area contributed by atoms with Crippen LogP contribution in [0.1, 0.15) is 25.0 Å². The molecule has 18 heavy (non-hydrogen) atoms. The predicted octanol–water partition coefficient (Wildman–Crippen LogP) is 2.58. The maximum Gasteiger partial charge on any atom is 0.321 e. The molecule has 0 bridgehead atoms. The van der Waals surface area contributed by atoms with Gasteiger partial charge >= 0.3 is 5.97 Å². The summed E-state index contributed by atoms with van der Waals surface area (Å²) in [7, 11) is 1.88. The second-order valence-corrected chi connectivity index (χ2v) is 5.24. The molecule has 0 radical (unpaired) electrons. The summed E-state index contributed by atoms with van der Waals surface area (Å²) >= 11 is 0. The van der Waals surface area contributed by atoms with E-state index in [9.17, 15) is 9.90 Å². The molecule has 0 aliphatic carbocycles. The second kappa shape index (κ2) is 6.55. The summed E-state index contributed by atoms with van der Waals surface area (Å²) in [4.78, 5) is 13.1. The van der Waals surface area contributed by atoms with Gasteiger partial charge in [-0.15, -0.1) is 0 Å². The molecule has 1 unspecified atom stereocenters. The molecular formula is C15H23NO2. The van der Waals surface area contributed by atoms with Crippen molar-refractivity contribution in [1.29, 1.82) is 0 Å². The van der Waals surface area contributed by atoms with Gasteiger partial charge in [-0.25, -0.2) is 0 Å². The number of nitrogens with zero attached hydrogens (tertiary/aromatic N) is 1. The van der Waals surface area contributed by atoms with E-state index in [1.807, 2.05) is 25.8 Å². The van der Waals surface area contributed by atoms with Gasteiger partial charge in [0.25, 0.3) is 0 Å². The lowest BCUT2D eigenvalue weighted by molar-refractivity contribution is -0.144. The number of rotatable bonds is 6. The first-order valence-corrected chi connectivity index (χ1v) is 6.40. The molecule has 1 aromatic carbocycles. The number of carboxylic acid groups (broad SMARTS) is 1. The molecule has 0 fully saturated rings. The van der Waals surface area contributed by atoms with Crippen molar-refractivity contribution >= 4 is 5.97 Å². The Labute approximate surface area is 109 Å². The smallest absolute Gasteiger partial charge is 0.321 e. The van der Waals surface area contributed by atoms with Crippen LogP contribution in [0.3, 0.4) is 0 Å². The van der Waals surface area contributed by atoms with E-state index in [2.05, 4.69) is 31.2 Å². The number of aliphatic carboxylic acids is 1. The van der Waals surface area contributed by atoms with Crippen LogP contribution in [-0.4, -0.2) is 35.6 Å². The molecule has 1 atom stereocenters. The molecular weight excluding hydrogens is 226 g/mol. The van der Waals surface area contributed by atoms with Crippen LogP contribution in [0.2, 0.25) is 0 Å². The van der Waals surface area contributed by atoms with E-state index in [-0.39, 0.29) is 5.92 Å². The maximum absolute atomic E-state index is 11.2. The Morgan fingerprint density at radius 3 is 2.28 bits per heavy atom. The van der Waals surface area contributed by atoms with Gasteiger partial charge in [-0.3, -0.25) is 9.69 Å². The number of benzene rings is 1. The Kier molecular flexibility index (Phi) is 5.35. The van der Waals surface area contributed by atoms with Gasteiger partial charge in [0, 0.05) is 6.54 Å². The van der Waals surface area contributed by atoms with Crippen LogP contribution in [0.5, 0.6) is 0 Å². The van der Waals surface area contributed by atoms with E-state index in [1.165, 1.54) is 11.1 Å². The summed E-state index contributed by atoms with van der Waals surface area (Å²) in [6.45, 7) is 6.72. The lowest BCUT2D eigenvalue weighted by atomic mass is 10.0. The summed E-state index contributed by atoms with van der Waals surface area (Å²) < 4.78 is 0. The number of carboxylic acids is 1. The van der Waals surface area contributed by atoms with Gasteiger partial charge in [-0.2, -0.15) is 0 Å². The Bertz CT molecular complexity index is 384. The maximum atomic E-state index is 11.2. The third-order valence-electron chi connectivity index (χ3n) is 3.23. The molecule has 1 aromatic rings. The molecule has 3 heteroatoms. The van der Waals surface area contributed by atoms with Crippen molar-refractivity contribution < 1.29 is 9.90 Å². The van der Waals surface area contributed by atoms with Crippen LogP contribution < -0.4 is 0 Å². The second-order valence-electron chi connectivity index (χ2n) is 5.24. The molecule has 1 N–H and O–H groups in total. The number of aryl methyl sites for hydroxylation is 1. The average molecular weight is 249 g/mol. The molecule has 3 nitrogen and oxygen atoms in total. The summed E-state index contributed by atoms with van der Waals surface area (Å²) in [5, 5.41) is 9.21. The number of likely N-dealkylation sites (N-methyl/N-ethyl adjacent to an activating group) is 1. The van der Waals surface area contributed by atoms with Crippen molar-refractivity contribution in [3.8, 4) is 0 Å². The predicted molar refractivity (Wildman–Crippen MR) is 73.8 cm³/mol. The Morgan fingerprint density at radius 1 is 1.28 bits per heavy atom. The monoisotopic (exact) mass is 249 g/mol. The molecule has 100 valence electrons. The molecule has 0 aliphatic rings. The van der Waals surface area contributed by atoms with Crippen LogP contribution in [0, 0.1) is 12.8 Å². The molecule has 0 saturated carbocycles. The highest BCUT2D eigenvalue weighted by molar-refractivity contribution is 5.73. The summed E-state index contributed by atoms with van der Waals surface area (Å²) in [6, 6.07) is 7.98. The fraction of sp³-hybridized carbons (Fsp3) is 0.533. The van der Waals surface area contributed by atoms with Crippen molar-refractivity contribution in [1.82, 2.24) is 4.90 Å². The van der Waals surface area contributed by atoms with Crippen LogP contribution in [-0.2, 0) is 11.2 Å². The zero-order valence-corrected chi connectivity index (χ0v) is 11.7. The number of hydrogen-bond acceptors (Lipinski definition) is 2. The van der Waals surface area contributed by atoms with Crippen molar-refractivity contribution in [3.05, 3.63) is 35.4 Å². The van der Waals surface area contributed by atoms with Gasteiger partial charge in [-0.05, 0) is 31.9 Å². The lowest BCUT2D eigenvalue weighted by Gasteiger charge is -2.27.